The molecule has 0 bridgehead atoms. The third-order valence-electron chi connectivity index (χ3n) is 2.34. The molecule has 0 saturated heterocycles. The van der Waals surface area contributed by atoms with Crippen molar-refractivity contribution in [3.05, 3.63) is 41.0 Å². The van der Waals surface area contributed by atoms with Crippen LogP contribution in [0.5, 0.6) is 0 Å². The van der Waals surface area contributed by atoms with Crippen molar-refractivity contribution in [1.82, 2.24) is 4.98 Å². The van der Waals surface area contributed by atoms with E-state index < -0.39 is 0 Å². The molecule has 1 aromatic carbocycles. The number of aryl methyl sites for hydroxylation is 3. The molecule has 0 spiro atoms. The van der Waals surface area contributed by atoms with Gasteiger partial charge in [0, 0.05) is 16.8 Å². The molecule has 1 aromatic heterocycles. The van der Waals surface area contributed by atoms with Gasteiger partial charge in [-0.15, -0.1) is 0 Å². The van der Waals surface area contributed by atoms with E-state index in [9.17, 15) is 4.39 Å². The Hall–Kier alpha value is -1.44. The lowest BCUT2D eigenvalue weighted by Crippen LogP contribution is -1.92. The van der Waals surface area contributed by atoms with Crippen molar-refractivity contribution in [1.29, 1.82) is 0 Å². The molecular weight excluding hydrogens is 177 g/mol. The van der Waals surface area contributed by atoms with Gasteiger partial charge in [-0.25, -0.2) is 4.39 Å². The zero-order valence-electron chi connectivity index (χ0n) is 8.56. The summed E-state index contributed by atoms with van der Waals surface area (Å²) in [6, 6.07) is 5.45. The fourth-order valence-electron chi connectivity index (χ4n) is 1.84. The van der Waals surface area contributed by atoms with E-state index in [-0.39, 0.29) is 5.82 Å². The number of rotatable bonds is 0. The molecule has 0 aliphatic carbocycles. The van der Waals surface area contributed by atoms with Gasteiger partial charge in [0.15, 0.2) is 0 Å². The number of hydrogen-bond acceptors (Lipinski definition) is 1. The van der Waals surface area contributed by atoms with E-state index in [0.717, 1.165) is 22.3 Å². The van der Waals surface area contributed by atoms with E-state index in [2.05, 4.69) is 4.98 Å². The van der Waals surface area contributed by atoms with Crippen molar-refractivity contribution < 1.29 is 4.39 Å². The molecule has 0 fully saturated rings. The Balaban J connectivity index is 2.94. The average molecular weight is 189 g/mol. The van der Waals surface area contributed by atoms with Crippen LogP contribution in [0.15, 0.2) is 18.2 Å². The summed E-state index contributed by atoms with van der Waals surface area (Å²) in [6.45, 7) is 5.66. The van der Waals surface area contributed by atoms with Gasteiger partial charge in [-0.2, -0.15) is 0 Å². The zero-order valence-corrected chi connectivity index (χ0v) is 8.56. The molecule has 1 heterocycles. The zero-order chi connectivity index (χ0) is 10.3. The van der Waals surface area contributed by atoms with E-state index in [1.54, 1.807) is 6.07 Å². The molecule has 0 amide bonds. The van der Waals surface area contributed by atoms with Gasteiger partial charge >= 0.3 is 0 Å². The second-order valence-corrected chi connectivity index (χ2v) is 3.69. The number of pyridine rings is 1. The molecule has 2 heteroatoms. The van der Waals surface area contributed by atoms with Crippen LogP contribution in [-0.2, 0) is 0 Å². The quantitative estimate of drug-likeness (QED) is 0.619. The van der Waals surface area contributed by atoms with E-state index in [1.165, 1.54) is 0 Å². The molecule has 2 aromatic rings. The number of fused-ring (bicyclic) bond motifs is 1. The average Bonchev–Trinajstić information content (AvgIpc) is 1.99. The van der Waals surface area contributed by atoms with Crippen molar-refractivity contribution in [2.45, 2.75) is 20.8 Å². The van der Waals surface area contributed by atoms with Crippen LogP contribution in [-0.4, -0.2) is 4.98 Å². The Kier molecular flexibility index (Phi) is 1.99. The molecule has 0 saturated carbocycles. The summed E-state index contributed by atoms with van der Waals surface area (Å²) in [7, 11) is 0. The summed E-state index contributed by atoms with van der Waals surface area (Å²) in [5, 5.41) is 1.58. The summed E-state index contributed by atoms with van der Waals surface area (Å²) in [6.07, 6.45) is 0. The summed E-state index contributed by atoms with van der Waals surface area (Å²) < 4.78 is 13.6. The fraction of sp³-hybridized carbons (Fsp3) is 0.250. The largest absolute Gasteiger partial charge is 0.258 e. The first kappa shape index (κ1) is 9.13. The normalized spacial score (nSPS) is 10.9. The van der Waals surface area contributed by atoms with Gasteiger partial charge < -0.3 is 0 Å². The van der Waals surface area contributed by atoms with Gasteiger partial charge in [-0.1, -0.05) is 6.07 Å². The summed E-state index contributed by atoms with van der Waals surface area (Å²) >= 11 is 0. The highest BCUT2D eigenvalue weighted by molar-refractivity contribution is 5.86. The molecule has 0 unspecified atom stereocenters. The Morgan fingerprint density at radius 3 is 2.50 bits per heavy atom. The molecule has 0 N–H and O–H groups in total. The number of aromatic nitrogens is 1. The predicted octanol–water partition coefficient (Wildman–Crippen LogP) is 3.30. The maximum atomic E-state index is 13.6. The minimum absolute atomic E-state index is 0.176. The van der Waals surface area contributed by atoms with Crippen LogP contribution in [0.25, 0.3) is 10.8 Å². The van der Waals surface area contributed by atoms with Crippen LogP contribution in [0.3, 0.4) is 0 Å². The van der Waals surface area contributed by atoms with E-state index >= 15 is 0 Å². The van der Waals surface area contributed by atoms with Crippen LogP contribution in [0.1, 0.15) is 17.0 Å². The lowest BCUT2D eigenvalue weighted by Gasteiger charge is -2.05. The molecule has 14 heavy (non-hydrogen) atoms. The van der Waals surface area contributed by atoms with Crippen LogP contribution < -0.4 is 0 Å². The topological polar surface area (TPSA) is 12.9 Å². The van der Waals surface area contributed by atoms with E-state index in [1.807, 2.05) is 32.9 Å². The van der Waals surface area contributed by atoms with Gasteiger partial charge in [-0.05, 0) is 43.9 Å². The van der Waals surface area contributed by atoms with Crippen LogP contribution >= 0.6 is 0 Å². The van der Waals surface area contributed by atoms with Gasteiger partial charge in [0.25, 0.3) is 0 Å². The Labute approximate surface area is 82.6 Å². The molecule has 0 aliphatic rings. The summed E-state index contributed by atoms with van der Waals surface area (Å²) in [4.78, 5) is 4.25. The molecule has 72 valence electrons. The first-order chi connectivity index (χ1) is 6.58. The molecule has 1 nitrogen and oxygen atoms in total. The van der Waals surface area contributed by atoms with Crippen molar-refractivity contribution in [3.8, 4) is 0 Å². The first-order valence-electron chi connectivity index (χ1n) is 4.62. The van der Waals surface area contributed by atoms with Gasteiger partial charge in [-0.3, -0.25) is 4.98 Å². The van der Waals surface area contributed by atoms with Crippen LogP contribution in [0.2, 0.25) is 0 Å². The van der Waals surface area contributed by atoms with Crippen molar-refractivity contribution in [2.75, 3.05) is 0 Å². The van der Waals surface area contributed by atoms with E-state index in [0.29, 0.717) is 5.39 Å². The highest BCUT2D eigenvalue weighted by Crippen LogP contribution is 2.22. The Bertz CT molecular complexity index is 460. The van der Waals surface area contributed by atoms with Crippen LogP contribution in [0.4, 0.5) is 4.39 Å². The second kappa shape index (κ2) is 3.05. The highest BCUT2D eigenvalue weighted by Gasteiger charge is 2.06. The molecule has 0 radical (unpaired) electrons. The lowest BCUT2D eigenvalue weighted by molar-refractivity contribution is 0.637. The maximum absolute atomic E-state index is 13.6. The van der Waals surface area contributed by atoms with Gasteiger partial charge in [0.2, 0.25) is 0 Å². The number of benzene rings is 1. The third-order valence-corrected chi connectivity index (χ3v) is 2.34. The smallest absolute Gasteiger partial charge is 0.133 e. The Morgan fingerprint density at radius 2 is 1.79 bits per heavy atom. The van der Waals surface area contributed by atoms with Gasteiger partial charge in [0.05, 0.1) is 0 Å². The lowest BCUT2D eigenvalue weighted by atomic mass is 10.1. The first-order valence-corrected chi connectivity index (χ1v) is 4.62. The minimum atomic E-state index is -0.176. The summed E-state index contributed by atoms with van der Waals surface area (Å²) in [5.41, 5.74) is 2.64. The second-order valence-electron chi connectivity index (χ2n) is 3.69. The molecule has 0 aliphatic heterocycles. The molecule has 0 atom stereocenters. The minimum Gasteiger partial charge on any atom is -0.258 e. The standard InChI is InChI=1S/C12H12FN/c1-7-4-10-6-8(2)14-9(3)12(10)11(13)5-7/h4-6H,1-3H3. The molecular formula is C12H12FN. The number of halogens is 1. The molecule has 2 rings (SSSR count). The van der Waals surface area contributed by atoms with Crippen molar-refractivity contribution >= 4 is 10.8 Å². The Morgan fingerprint density at radius 1 is 1.07 bits per heavy atom. The number of hydrogen-bond donors (Lipinski definition) is 0. The SMILES string of the molecule is Cc1cc(F)c2c(C)nc(C)cc2c1. The van der Waals surface area contributed by atoms with Crippen molar-refractivity contribution in [2.24, 2.45) is 0 Å². The number of nitrogens with zero attached hydrogens (tertiary/aromatic N) is 1. The monoisotopic (exact) mass is 189 g/mol. The van der Waals surface area contributed by atoms with Crippen LogP contribution in [0, 0.1) is 26.6 Å². The highest BCUT2D eigenvalue weighted by atomic mass is 19.1. The van der Waals surface area contributed by atoms with E-state index in [4.69, 9.17) is 0 Å². The summed E-state index contributed by atoms with van der Waals surface area (Å²) in [5.74, 6) is -0.176. The van der Waals surface area contributed by atoms with Crippen molar-refractivity contribution in [3.63, 3.8) is 0 Å². The maximum Gasteiger partial charge on any atom is 0.133 e. The third kappa shape index (κ3) is 1.37. The van der Waals surface area contributed by atoms with Gasteiger partial charge in [0.1, 0.15) is 5.82 Å². The predicted molar refractivity (Wildman–Crippen MR) is 55.9 cm³/mol. The fourth-order valence-corrected chi connectivity index (χ4v) is 1.84.